The Morgan fingerprint density at radius 3 is 2.46 bits per heavy atom. The van der Waals surface area contributed by atoms with Crippen molar-refractivity contribution in [3.05, 3.63) is 54.1 Å². The SMILES string of the molecule is CC(C)c1ccc(N(NC2=NCCN2)c2cccc(O)c2)cc1.Cl. The summed E-state index contributed by atoms with van der Waals surface area (Å²) >= 11 is 0. The largest absolute Gasteiger partial charge is 0.508 e. The molecule has 0 aliphatic carbocycles. The first-order chi connectivity index (χ1) is 11.1. The van der Waals surface area contributed by atoms with Crippen LogP contribution in [0.2, 0.25) is 0 Å². The van der Waals surface area contributed by atoms with Gasteiger partial charge in [-0.2, -0.15) is 0 Å². The van der Waals surface area contributed by atoms with Crippen molar-refractivity contribution in [1.29, 1.82) is 0 Å². The van der Waals surface area contributed by atoms with Crippen LogP contribution in [0.15, 0.2) is 53.5 Å². The van der Waals surface area contributed by atoms with Gasteiger partial charge < -0.3 is 10.4 Å². The number of nitrogens with one attached hydrogen (secondary N) is 2. The number of phenolic OH excluding ortho intramolecular Hbond substituents is 1. The Kier molecular flexibility index (Phi) is 5.93. The number of rotatable bonds is 4. The standard InChI is InChI=1S/C18H22N4O.ClH/c1-13(2)14-6-8-15(9-7-14)22(21-18-19-10-11-20-18)16-4-3-5-17(23)12-16;/h3-9,12-13,23H,10-11H2,1-2H3,(H2,19,20,21);1H. The number of guanidine groups is 1. The van der Waals surface area contributed by atoms with Crippen LogP contribution in [0.3, 0.4) is 0 Å². The number of halogens is 1. The zero-order chi connectivity index (χ0) is 16.2. The molecule has 1 heterocycles. The lowest BCUT2D eigenvalue weighted by atomic mass is 10.0. The average Bonchev–Trinajstić information content (AvgIpc) is 3.06. The summed E-state index contributed by atoms with van der Waals surface area (Å²) in [4.78, 5) is 4.38. The Morgan fingerprint density at radius 1 is 1.12 bits per heavy atom. The molecule has 0 saturated heterocycles. The zero-order valence-corrected chi connectivity index (χ0v) is 14.7. The maximum Gasteiger partial charge on any atom is 0.210 e. The molecule has 0 radical (unpaired) electrons. The molecule has 128 valence electrons. The summed E-state index contributed by atoms with van der Waals surface area (Å²) in [5.74, 6) is 1.46. The van der Waals surface area contributed by atoms with Gasteiger partial charge in [0, 0.05) is 12.6 Å². The molecule has 0 fully saturated rings. The lowest BCUT2D eigenvalue weighted by molar-refractivity contribution is 0.475. The third kappa shape index (κ3) is 4.11. The lowest BCUT2D eigenvalue weighted by Crippen LogP contribution is -2.44. The van der Waals surface area contributed by atoms with Gasteiger partial charge in [-0.1, -0.05) is 32.0 Å². The molecule has 0 spiro atoms. The summed E-state index contributed by atoms with van der Waals surface area (Å²) in [6, 6.07) is 15.5. The second kappa shape index (κ2) is 7.93. The fourth-order valence-electron chi connectivity index (χ4n) is 2.50. The van der Waals surface area contributed by atoms with Crippen LogP contribution in [0.1, 0.15) is 25.3 Å². The molecule has 0 unspecified atom stereocenters. The fourth-order valence-corrected chi connectivity index (χ4v) is 2.50. The van der Waals surface area contributed by atoms with Gasteiger partial charge in [0.2, 0.25) is 5.96 Å². The van der Waals surface area contributed by atoms with Crippen molar-refractivity contribution in [2.24, 2.45) is 4.99 Å². The van der Waals surface area contributed by atoms with Crippen LogP contribution < -0.4 is 15.8 Å². The number of anilines is 2. The lowest BCUT2D eigenvalue weighted by Gasteiger charge is -2.26. The number of hydrazine groups is 1. The number of phenols is 1. The van der Waals surface area contributed by atoms with Gasteiger partial charge in [0.05, 0.1) is 17.9 Å². The predicted molar refractivity (Wildman–Crippen MR) is 101 cm³/mol. The minimum absolute atomic E-state index is 0. The minimum Gasteiger partial charge on any atom is -0.508 e. The van der Waals surface area contributed by atoms with E-state index >= 15 is 0 Å². The van der Waals surface area contributed by atoms with E-state index in [0.29, 0.717) is 5.92 Å². The van der Waals surface area contributed by atoms with Crippen molar-refractivity contribution >= 4 is 29.7 Å². The molecule has 0 aromatic heterocycles. The first-order valence-electron chi connectivity index (χ1n) is 7.87. The second-order valence-electron chi connectivity index (χ2n) is 5.87. The molecule has 6 heteroatoms. The van der Waals surface area contributed by atoms with Crippen molar-refractivity contribution in [2.75, 3.05) is 18.1 Å². The van der Waals surface area contributed by atoms with Gasteiger partial charge in [-0.3, -0.25) is 15.4 Å². The Labute approximate surface area is 148 Å². The first kappa shape index (κ1) is 17.9. The number of aliphatic imine (C=N–C) groups is 1. The van der Waals surface area contributed by atoms with E-state index < -0.39 is 0 Å². The van der Waals surface area contributed by atoms with E-state index in [1.807, 2.05) is 17.1 Å². The predicted octanol–water partition coefficient (Wildman–Crippen LogP) is 3.54. The van der Waals surface area contributed by atoms with Gasteiger partial charge in [-0.25, -0.2) is 0 Å². The molecule has 0 bridgehead atoms. The molecular formula is C18H23ClN4O. The van der Waals surface area contributed by atoms with Crippen LogP contribution in [0.25, 0.3) is 0 Å². The van der Waals surface area contributed by atoms with E-state index in [9.17, 15) is 5.11 Å². The number of aromatic hydroxyl groups is 1. The van der Waals surface area contributed by atoms with Gasteiger partial charge in [0.25, 0.3) is 0 Å². The maximum atomic E-state index is 9.79. The van der Waals surface area contributed by atoms with Crippen molar-refractivity contribution in [3.63, 3.8) is 0 Å². The number of hydrogen-bond donors (Lipinski definition) is 3. The molecule has 1 aliphatic rings. The van der Waals surface area contributed by atoms with Crippen molar-refractivity contribution in [2.45, 2.75) is 19.8 Å². The molecular weight excluding hydrogens is 324 g/mol. The molecule has 2 aromatic carbocycles. The van der Waals surface area contributed by atoms with Crippen molar-refractivity contribution in [1.82, 2.24) is 10.7 Å². The molecule has 3 N–H and O–H groups in total. The molecule has 2 aromatic rings. The van der Waals surface area contributed by atoms with Gasteiger partial charge in [-0.15, -0.1) is 12.4 Å². The summed E-state index contributed by atoms with van der Waals surface area (Å²) in [6.07, 6.45) is 0. The van der Waals surface area contributed by atoms with E-state index in [4.69, 9.17) is 0 Å². The number of hydrogen-bond acceptors (Lipinski definition) is 5. The molecule has 5 nitrogen and oxygen atoms in total. The summed E-state index contributed by atoms with van der Waals surface area (Å²) in [5.41, 5.74) is 6.41. The highest BCUT2D eigenvalue weighted by atomic mass is 35.5. The quantitative estimate of drug-likeness (QED) is 0.741. The van der Waals surface area contributed by atoms with Crippen LogP contribution in [0.5, 0.6) is 5.75 Å². The zero-order valence-electron chi connectivity index (χ0n) is 13.9. The molecule has 24 heavy (non-hydrogen) atoms. The summed E-state index contributed by atoms with van der Waals surface area (Å²) in [6.45, 7) is 5.96. The molecule has 0 amide bonds. The Hall–Kier alpha value is -2.40. The molecule has 0 atom stereocenters. The molecule has 0 saturated carbocycles. The van der Waals surface area contributed by atoms with E-state index in [0.717, 1.165) is 30.4 Å². The van der Waals surface area contributed by atoms with E-state index in [2.05, 4.69) is 53.8 Å². The van der Waals surface area contributed by atoms with Crippen LogP contribution in [-0.2, 0) is 0 Å². The van der Waals surface area contributed by atoms with E-state index in [1.165, 1.54) is 5.56 Å². The minimum atomic E-state index is 0. The van der Waals surface area contributed by atoms with Crippen LogP contribution in [-0.4, -0.2) is 24.2 Å². The normalized spacial score (nSPS) is 13.0. The van der Waals surface area contributed by atoms with Crippen LogP contribution >= 0.6 is 12.4 Å². The van der Waals surface area contributed by atoms with Gasteiger partial charge in [0.1, 0.15) is 5.75 Å². The fraction of sp³-hybridized carbons (Fsp3) is 0.278. The van der Waals surface area contributed by atoms with Gasteiger partial charge in [0.15, 0.2) is 0 Å². The summed E-state index contributed by atoms with van der Waals surface area (Å²) in [7, 11) is 0. The third-order valence-electron chi connectivity index (χ3n) is 3.80. The smallest absolute Gasteiger partial charge is 0.210 e. The summed E-state index contributed by atoms with van der Waals surface area (Å²) < 4.78 is 0. The van der Waals surface area contributed by atoms with Gasteiger partial charge >= 0.3 is 0 Å². The maximum absolute atomic E-state index is 9.79. The highest BCUT2D eigenvalue weighted by Crippen LogP contribution is 2.27. The first-order valence-corrected chi connectivity index (χ1v) is 7.87. The van der Waals surface area contributed by atoms with Crippen LogP contribution in [0.4, 0.5) is 11.4 Å². The van der Waals surface area contributed by atoms with Crippen LogP contribution in [0, 0.1) is 0 Å². The summed E-state index contributed by atoms with van der Waals surface area (Å²) in [5, 5.41) is 14.9. The van der Waals surface area contributed by atoms with Crippen molar-refractivity contribution in [3.8, 4) is 5.75 Å². The topological polar surface area (TPSA) is 59.9 Å². The molecule has 1 aliphatic heterocycles. The van der Waals surface area contributed by atoms with Crippen molar-refractivity contribution < 1.29 is 5.11 Å². The second-order valence-corrected chi connectivity index (χ2v) is 5.87. The highest BCUT2D eigenvalue weighted by molar-refractivity contribution is 5.85. The number of benzene rings is 2. The molecule has 3 rings (SSSR count). The van der Waals surface area contributed by atoms with E-state index in [-0.39, 0.29) is 18.2 Å². The van der Waals surface area contributed by atoms with E-state index in [1.54, 1.807) is 12.1 Å². The Bertz CT molecular complexity index is 700. The monoisotopic (exact) mass is 346 g/mol. The van der Waals surface area contributed by atoms with Gasteiger partial charge in [-0.05, 0) is 35.7 Å². The number of nitrogens with zero attached hydrogens (tertiary/aromatic N) is 2. The Balaban J connectivity index is 0.00000208. The Morgan fingerprint density at radius 2 is 1.88 bits per heavy atom. The highest BCUT2D eigenvalue weighted by Gasteiger charge is 2.14. The third-order valence-corrected chi connectivity index (χ3v) is 3.80. The average molecular weight is 347 g/mol.